The maximum Gasteiger partial charge on any atom is 0.255 e. The summed E-state index contributed by atoms with van der Waals surface area (Å²) in [4.78, 5) is 21.8. The lowest BCUT2D eigenvalue weighted by Crippen LogP contribution is -2.27. The number of aryl methyl sites for hydroxylation is 1. The molecule has 0 fully saturated rings. The molecule has 94 valence electrons. The lowest BCUT2D eigenvalue weighted by Gasteiger charge is -2.17. The second-order valence-corrected chi connectivity index (χ2v) is 4.38. The molecule has 0 aromatic carbocycles. The number of rotatable bonds is 3. The van der Waals surface area contributed by atoms with E-state index in [1.165, 1.54) is 6.20 Å². The zero-order valence-electron chi connectivity index (χ0n) is 10.2. The number of amides is 1. The molecule has 0 saturated heterocycles. The Kier molecular flexibility index (Phi) is 3.62. The van der Waals surface area contributed by atoms with E-state index in [1.807, 2.05) is 17.8 Å². The molecule has 0 atom stereocenters. The predicted octanol–water partition coefficient (Wildman–Crippen LogP) is 1.74. The van der Waals surface area contributed by atoms with Crippen LogP contribution in [0.4, 0.5) is 0 Å². The van der Waals surface area contributed by atoms with E-state index < -0.39 is 0 Å². The smallest absolute Gasteiger partial charge is 0.255 e. The van der Waals surface area contributed by atoms with Crippen molar-refractivity contribution in [2.45, 2.75) is 6.54 Å². The minimum absolute atomic E-state index is 0.148. The van der Waals surface area contributed by atoms with Crippen LogP contribution in [0.15, 0.2) is 30.9 Å². The monoisotopic (exact) mass is 264 g/mol. The summed E-state index contributed by atoms with van der Waals surface area (Å²) < 4.78 is 1.87. The van der Waals surface area contributed by atoms with Crippen LogP contribution in [0.3, 0.4) is 0 Å². The molecule has 2 rings (SSSR count). The lowest BCUT2D eigenvalue weighted by atomic mass is 10.2. The first-order chi connectivity index (χ1) is 8.59. The molecule has 0 radical (unpaired) electrons. The normalized spacial score (nSPS) is 10.4. The zero-order valence-corrected chi connectivity index (χ0v) is 10.9. The van der Waals surface area contributed by atoms with Crippen LogP contribution in [-0.2, 0) is 13.6 Å². The van der Waals surface area contributed by atoms with E-state index in [0.717, 1.165) is 5.82 Å². The van der Waals surface area contributed by atoms with Crippen LogP contribution >= 0.6 is 11.6 Å². The minimum atomic E-state index is -0.148. The van der Waals surface area contributed by atoms with Gasteiger partial charge in [0.05, 0.1) is 17.1 Å². The molecule has 5 nitrogen and oxygen atoms in total. The summed E-state index contributed by atoms with van der Waals surface area (Å²) in [5, 5.41) is 0.356. The first kappa shape index (κ1) is 12.6. The second-order valence-electron chi connectivity index (χ2n) is 3.97. The van der Waals surface area contributed by atoms with Crippen molar-refractivity contribution >= 4 is 17.5 Å². The SMILES string of the molecule is CN(Cc1nccn1C)C(=O)c1ccncc1Cl. The van der Waals surface area contributed by atoms with Crippen molar-refractivity contribution in [2.24, 2.45) is 7.05 Å². The summed E-state index contributed by atoms with van der Waals surface area (Å²) in [5.41, 5.74) is 0.448. The Morgan fingerprint density at radius 1 is 1.50 bits per heavy atom. The topological polar surface area (TPSA) is 51.0 Å². The number of halogens is 1. The Balaban J connectivity index is 2.15. The zero-order chi connectivity index (χ0) is 13.1. The molecule has 0 saturated carbocycles. The predicted molar refractivity (Wildman–Crippen MR) is 68.3 cm³/mol. The van der Waals surface area contributed by atoms with Crippen LogP contribution < -0.4 is 0 Å². The van der Waals surface area contributed by atoms with E-state index in [4.69, 9.17) is 11.6 Å². The van der Waals surface area contributed by atoms with Crippen LogP contribution in [0.25, 0.3) is 0 Å². The number of hydrogen-bond donors (Lipinski definition) is 0. The van der Waals surface area contributed by atoms with Gasteiger partial charge in [0.25, 0.3) is 5.91 Å². The highest BCUT2D eigenvalue weighted by Gasteiger charge is 2.16. The highest BCUT2D eigenvalue weighted by molar-refractivity contribution is 6.33. The second kappa shape index (κ2) is 5.18. The Labute approximate surface area is 110 Å². The van der Waals surface area contributed by atoms with Gasteiger partial charge in [-0.3, -0.25) is 9.78 Å². The van der Waals surface area contributed by atoms with Gasteiger partial charge in [-0.1, -0.05) is 11.6 Å². The van der Waals surface area contributed by atoms with Crippen molar-refractivity contribution in [3.8, 4) is 0 Å². The first-order valence-electron chi connectivity index (χ1n) is 5.40. The fraction of sp³-hybridized carbons (Fsp3) is 0.250. The van der Waals surface area contributed by atoms with Gasteiger partial charge in [-0.25, -0.2) is 4.98 Å². The van der Waals surface area contributed by atoms with Crippen LogP contribution in [0.2, 0.25) is 5.02 Å². The molecule has 0 spiro atoms. The summed E-state index contributed by atoms with van der Waals surface area (Å²) in [6, 6.07) is 1.61. The number of hydrogen-bond acceptors (Lipinski definition) is 3. The number of pyridine rings is 1. The van der Waals surface area contributed by atoms with Gasteiger partial charge in [-0.05, 0) is 6.07 Å². The Morgan fingerprint density at radius 3 is 2.89 bits per heavy atom. The molecule has 18 heavy (non-hydrogen) atoms. The Morgan fingerprint density at radius 2 is 2.28 bits per heavy atom. The summed E-state index contributed by atoms with van der Waals surface area (Å²) in [5.74, 6) is 0.668. The maximum absolute atomic E-state index is 12.2. The third kappa shape index (κ3) is 2.51. The molecule has 2 heterocycles. The molecule has 0 bridgehead atoms. The summed E-state index contributed by atoms with van der Waals surface area (Å²) in [6.07, 6.45) is 6.55. The van der Waals surface area contributed by atoms with Gasteiger partial charge in [-0.2, -0.15) is 0 Å². The van der Waals surface area contributed by atoms with Crippen LogP contribution in [0.1, 0.15) is 16.2 Å². The summed E-state index contributed by atoms with van der Waals surface area (Å²) in [7, 11) is 3.60. The molecule has 6 heteroatoms. The van der Waals surface area contributed by atoms with E-state index >= 15 is 0 Å². The highest BCUT2D eigenvalue weighted by atomic mass is 35.5. The fourth-order valence-electron chi connectivity index (χ4n) is 1.59. The highest BCUT2D eigenvalue weighted by Crippen LogP contribution is 2.16. The summed E-state index contributed by atoms with van der Waals surface area (Å²) >= 11 is 5.95. The van der Waals surface area contributed by atoms with Crippen molar-refractivity contribution in [3.05, 3.63) is 47.3 Å². The van der Waals surface area contributed by atoms with Crippen molar-refractivity contribution in [2.75, 3.05) is 7.05 Å². The Hall–Kier alpha value is -1.88. The van der Waals surface area contributed by atoms with Gasteiger partial charge in [0, 0.05) is 38.9 Å². The van der Waals surface area contributed by atoms with Crippen LogP contribution in [0, 0.1) is 0 Å². The number of carbonyl (C=O) groups is 1. The van der Waals surface area contributed by atoms with Crippen LogP contribution in [-0.4, -0.2) is 32.4 Å². The third-order valence-electron chi connectivity index (χ3n) is 2.65. The van der Waals surface area contributed by atoms with Crippen molar-refractivity contribution in [1.29, 1.82) is 0 Å². The van der Waals surface area contributed by atoms with Gasteiger partial charge >= 0.3 is 0 Å². The average molecular weight is 265 g/mol. The maximum atomic E-state index is 12.2. The number of nitrogens with zero attached hydrogens (tertiary/aromatic N) is 4. The molecular formula is C12H13ClN4O. The number of carbonyl (C=O) groups excluding carboxylic acids is 1. The third-order valence-corrected chi connectivity index (χ3v) is 2.95. The van der Waals surface area contributed by atoms with E-state index in [1.54, 1.807) is 30.4 Å². The quantitative estimate of drug-likeness (QED) is 0.849. The van der Waals surface area contributed by atoms with E-state index in [9.17, 15) is 4.79 Å². The molecule has 2 aromatic heterocycles. The van der Waals surface area contributed by atoms with Gasteiger partial charge in [0.1, 0.15) is 5.82 Å². The largest absolute Gasteiger partial charge is 0.337 e. The number of imidazole rings is 1. The molecule has 0 aliphatic carbocycles. The van der Waals surface area contributed by atoms with E-state index in [0.29, 0.717) is 17.1 Å². The van der Waals surface area contributed by atoms with E-state index in [2.05, 4.69) is 9.97 Å². The van der Waals surface area contributed by atoms with Crippen molar-refractivity contribution in [3.63, 3.8) is 0 Å². The fourth-order valence-corrected chi connectivity index (χ4v) is 1.79. The molecular weight excluding hydrogens is 252 g/mol. The van der Waals surface area contributed by atoms with Crippen molar-refractivity contribution < 1.29 is 4.79 Å². The van der Waals surface area contributed by atoms with Gasteiger partial charge in [-0.15, -0.1) is 0 Å². The summed E-state index contributed by atoms with van der Waals surface area (Å²) in [6.45, 7) is 0.432. The molecule has 0 N–H and O–H groups in total. The van der Waals surface area contributed by atoms with Gasteiger partial charge in [0.2, 0.25) is 0 Å². The van der Waals surface area contributed by atoms with Gasteiger partial charge in [0.15, 0.2) is 0 Å². The van der Waals surface area contributed by atoms with Gasteiger partial charge < -0.3 is 9.47 Å². The Bertz CT molecular complexity index is 567. The molecule has 2 aromatic rings. The van der Waals surface area contributed by atoms with Crippen molar-refractivity contribution in [1.82, 2.24) is 19.4 Å². The average Bonchev–Trinajstić information content (AvgIpc) is 2.75. The molecule has 0 aliphatic rings. The standard InChI is InChI=1S/C12H13ClN4O/c1-16-6-5-15-11(16)8-17(2)12(18)9-3-4-14-7-10(9)13/h3-7H,8H2,1-2H3. The first-order valence-corrected chi connectivity index (χ1v) is 5.78. The van der Waals surface area contributed by atoms with Crippen LogP contribution in [0.5, 0.6) is 0 Å². The van der Waals surface area contributed by atoms with E-state index in [-0.39, 0.29) is 5.91 Å². The molecule has 1 amide bonds. The molecule has 0 aliphatic heterocycles. The molecule has 0 unspecified atom stereocenters. The minimum Gasteiger partial charge on any atom is -0.337 e. The lowest BCUT2D eigenvalue weighted by molar-refractivity contribution is 0.0780. The number of aromatic nitrogens is 3.